The first-order chi connectivity index (χ1) is 7.28. The van der Waals surface area contributed by atoms with Crippen molar-refractivity contribution < 1.29 is 4.74 Å². The van der Waals surface area contributed by atoms with Crippen LogP contribution in [0.15, 0.2) is 29.3 Å². The third-order valence-electron chi connectivity index (χ3n) is 2.12. The van der Waals surface area contributed by atoms with Crippen LogP contribution in [0.1, 0.15) is 6.92 Å². The SMILES string of the molecule is COc1cccc(NC2=NC(C)CS2)c1. The van der Waals surface area contributed by atoms with E-state index >= 15 is 0 Å². The van der Waals surface area contributed by atoms with Crippen molar-refractivity contribution in [3.63, 3.8) is 0 Å². The third kappa shape index (κ3) is 2.65. The lowest BCUT2D eigenvalue weighted by molar-refractivity contribution is 0.415. The first kappa shape index (κ1) is 10.4. The van der Waals surface area contributed by atoms with Crippen LogP contribution in [0.4, 0.5) is 5.69 Å². The lowest BCUT2D eigenvalue weighted by atomic mass is 10.3. The Morgan fingerprint density at radius 2 is 2.40 bits per heavy atom. The summed E-state index contributed by atoms with van der Waals surface area (Å²) in [5.41, 5.74) is 1.02. The zero-order chi connectivity index (χ0) is 10.7. The lowest BCUT2D eigenvalue weighted by Crippen LogP contribution is -2.04. The van der Waals surface area contributed by atoms with Gasteiger partial charge in [0.2, 0.25) is 0 Å². The molecule has 1 heterocycles. The van der Waals surface area contributed by atoms with Gasteiger partial charge in [-0.3, -0.25) is 4.99 Å². The van der Waals surface area contributed by atoms with Crippen molar-refractivity contribution in [1.29, 1.82) is 0 Å². The molecule has 80 valence electrons. The minimum Gasteiger partial charge on any atom is -0.497 e. The Bertz CT molecular complexity index is 379. The first-order valence-corrected chi connectivity index (χ1v) is 5.88. The normalized spacial score (nSPS) is 19.9. The average Bonchev–Trinajstić information content (AvgIpc) is 2.64. The van der Waals surface area contributed by atoms with E-state index in [1.54, 1.807) is 18.9 Å². The number of aliphatic imine (C=N–C) groups is 1. The molecule has 1 unspecified atom stereocenters. The summed E-state index contributed by atoms with van der Waals surface area (Å²) in [6, 6.07) is 8.28. The summed E-state index contributed by atoms with van der Waals surface area (Å²) in [4.78, 5) is 4.47. The second-order valence-electron chi connectivity index (χ2n) is 3.45. The van der Waals surface area contributed by atoms with E-state index in [0.717, 1.165) is 22.4 Å². The molecule has 0 aliphatic carbocycles. The van der Waals surface area contributed by atoms with Crippen LogP contribution in [0.2, 0.25) is 0 Å². The Labute approximate surface area is 93.9 Å². The van der Waals surface area contributed by atoms with Crippen molar-refractivity contribution in [2.24, 2.45) is 4.99 Å². The summed E-state index contributed by atoms with van der Waals surface area (Å²) in [5, 5.41) is 4.28. The van der Waals surface area contributed by atoms with E-state index in [1.807, 2.05) is 24.3 Å². The van der Waals surface area contributed by atoms with Gasteiger partial charge in [0.1, 0.15) is 5.75 Å². The lowest BCUT2D eigenvalue weighted by Gasteiger charge is -2.06. The van der Waals surface area contributed by atoms with Crippen molar-refractivity contribution in [1.82, 2.24) is 0 Å². The zero-order valence-corrected chi connectivity index (χ0v) is 9.67. The van der Waals surface area contributed by atoms with E-state index in [2.05, 4.69) is 17.2 Å². The minimum absolute atomic E-state index is 0.420. The number of anilines is 1. The highest BCUT2D eigenvalue weighted by atomic mass is 32.2. The maximum absolute atomic E-state index is 5.15. The number of rotatable bonds is 2. The Hall–Kier alpha value is -1.16. The van der Waals surface area contributed by atoms with Crippen LogP contribution in [0.5, 0.6) is 5.75 Å². The fourth-order valence-corrected chi connectivity index (χ4v) is 2.29. The van der Waals surface area contributed by atoms with Gasteiger partial charge in [-0.15, -0.1) is 0 Å². The maximum Gasteiger partial charge on any atom is 0.161 e. The highest BCUT2D eigenvalue weighted by Gasteiger charge is 2.13. The van der Waals surface area contributed by atoms with Crippen molar-refractivity contribution in [2.45, 2.75) is 13.0 Å². The van der Waals surface area contributed by atoms with Gasteiger partial charge in [0.05, 0.1) is 13.2 Å². The number of hydrogen-bond donors (Lipinski definition) is 1. The molecule has 0 aromatic heterocycles. The molecule has 2 rings (SSSR count). The topological polar surface area (TPSA) is 33.6 Å². The Morgan fingerprint density at radius 1 is 1.53 bits per heavy atom. The predicted molar refractivity (Wildman–Crippen MR) is 66.0 cm³/mol. The van der Waals surface area contributed by atoms with E-state index in [0.29, 0.717) is 6.04 Å². The molecule has 1 aliphatic rings. The monoisotopic (exact) mass is 222 g/mol. The standard InChI is InChI=1S/C11H14N2OS/c1-8-7-15-11(12-8)13-9-4-3-5-10(6-9)14-2/h3-6,8H,7H2,1-2H3,(H,12,13). The van der Waals surface area contributed by atoms with Crippen molar-refractivity contribution in [3.8, 4) is 5.75 Å². The molecule has 0 fully saturated rings. The molecule has 0 spiro atoms. The van der Waals surface area contributed by atoms with Crippen molar-refractivity contribution in [2.75, 3.05) is 18.2 Å². The minimum atomic E-state index is 0.420. The molecule has 1 aliphatic heterocycles. The van der Waals surface area contributed by atoms with Crippen LogP contribution in [-0.4, -0.2) is 24.1 Å². The smallest absolute Gasteiger partial charge is 0.161 e. The van der Waals surface area contributed by atoms with Crippen LogP contribution < -0.4 is 10.1 Å². The molecule has 4 heteroatoms. The average molecular weight is 222 g/mol. The molecule has 0 saturated heterocycles. The van der Waals surface area contributed by atoms with Crippen molar-refractivity contribution in [3.05, 3.63) is 24.3 Å². The third-order valence-corrected chi connectivity index (χ3v) is 3.25. The fourth-order valence-electron chi connectivity index (χ4n) is 1.37. The maximum atomic E-state index is 5.15. The zero-order valence-electron chi connectivity index (χ0n) is 8.86. The molecule has 1 atom stereocenters. The summed E-state index contributed by atoms with van der Waals surface area (Å²) in [5.74, 6) is 1.92. The second kappa shape index (κ2) is 4.57. The highest BCUT2D eigenvalue weighted by Crippen LogP contribution is 2.22. The molecule has 0 radical (unpaired) electrons. The van der Waals surface area contributed by atoms with Crippen molar-refractivity contribution >= 4 is 22.6 Å². The summed E-state index contributed by atoms with van der Waals surface area (Å²) in [7, 11) is 1.67. The van der Waals surface area contributed by atoms with Crippen LogP contribution >= 0.6 is 11.8 Å². The van der Waals surface area contributed by atoms with E-state index in [1.165, 1.54) is 0 Å². The second-order valence-corrected chi connectivity index (χ2v) is 4.46. The van der Waals surface area contributed by atoms with Gasteiger partial charge < -0.3 is 10.1 Å². The summed E-state index contributed by atoms with van der Waals surface area (Å²) in [6.45, 7) is 2.12. The number of methoxy groups -OCH3 is 1. The molecule has 0 bridgehead atoms. The van der Waals surface area contributed by atoms with Crippen LogP contribution in [0.25, 0.3) is 0 Å². The Morgan fingerprint density at radius 3 is 3.07 bits per heavy atom. The number of benzene rings is 1. The molecular weight excluding hydrogens is 208 g/mol. The molecule has 0 amide bonds. The van der Waals surface area contributed by atoms with Crippen LogP contribution in [0, 0.1) is 0 Å². The molecule has 3 nitrogen and oxygen atoms in total. The van der Waals surface area contributed by atoms with E-state index < -0.39 is 0 Å². The van der Waals surface area contributed by atoms with Crippen LogP contribution in [-0.2, 0) is 0 Å². The first-order valence-electron chi connectivity index (χ1n) is 4.89. The molecule has 1 aromatic rings. The number of thioether (sulfide) groups is 1. The van der Waals surface area contributed by atoms with Gasteiger partial charge in [-0.1, -0.05) is 17.8 Å². The number of hydrogen-bond acceptors (Lipinski definition) is 4. The van der Waals surface area contributed by atoms with E-state index in [4.69, 9.17) is 4.74 Å². The summed E-state index contributed by atoms with van der Waals surface area (Å²) >= 11 is 1.76. The van der Waals surface area contributed by atoms with Crippen LogP contribution in [0.3, 0.4) is 0 Å². The highest BCUT2D eigenvalue weighted by molar-refractivity contribution is 8.14. The van der Waals surface area contributed by atoms with Gasteiger partial charge in [0.15, 0.2) is 5.17 Å². The fraction of sp³-hybridized carbons (Fsp3) is 0.364. The largest absolute Gasteiger partial charge is 0.497 e. The number of amidine groups is 1. The molecular formula is C11H14N2OS. The molecule has 0 saturated carbocycles. The van der Waals surface area contributed by atoms with Gasteiger partial charge in [-0.2, -0.15) is 0 Å². The number of ether oxygens (including phenoxy) is 1. The molecule has 1 N–H and O–H groups in total. The van der Waals surface area contributed by atoms with E-state index in [9.17, 15) is 0 Å². The van der Waals surface area contributed by atoms with Gasteiger partial charge in [-0.05, 0) is 19.1 Å². The summed E-state index contributed by atoms with van der Waals surface area (Å²) < 4.78 is 5.15. The van der Waals surface area contributed by atoms with Gasteiger partial charge in [0, 0.05) is 17.5 Å². The van der Waals surface area contributed by atoms with Gasteiger partial charge >= 0.3 is 0 Å². The number of nitrogens with zero attached hydrogens (tertiary/aromatic N) is 1. The molecule has 1 aromatic carbocycles. The predicted octanol–water partition coefficient (Wildman–Crippen LogP) is 2.60. The summed E-state index contributed by atoms with van der Waals surface area (Å²) in [6.07, 6.45) is 0. The van der Waals surface area contributed by atoms with Gasteiger partial charge in [0.25, 0.3) is 0 Å². The quantitative estimate of drug-likeness (QED) is 0.835. The van der Waals surface area contributed by atoms with E-state index in [-0.39, 0.29) is 0 Å². The Balaban J connectivity index is 2.07. The van der Waals surface area contributed by atoms with Gasteiger partial charge in [-0.25, -0.2) is 0 Å². The Kier molecular flexibility index (Phi) is 3.16. The molecule has 15 heavy (non-hydrogen) atoms. The number of nitrogens with one attached hydrogen (secondary N) is 1.